The highest BCUT2D eigenvalue weighted by molar-refractivity contribution is 6.46. The number of hydrogen-bond acceptors (Lipinski definition) is 5. The van der Waals surface area contributed by atoms with Crippen molar-refractivity contribution >= 4 is 28.8 Å². The summed E-state index contributed by atoms with van der Waals surface area (Å²) in [6.07, 6.45) is 0. The molecule has 0 unspecified atom stereocenters. The number of halogens is 1. The zero-order chi connectivity index (χ0) is 22.8. The van der Waals surface area contributed by atoms with Gasteiger partial charge in [-0.3, -0.25) is 9.59 Å². The number of carbonyl (C=O) groups is 2. The van der Waals surface area contributed by atoms with Crippen LogP contribution in [0.5, 0.6) is 11.5 Å². The molecule has 1 aliphatic rings. The molecule has 1 N–H and O–H groups in total. The van der Waals surface area contributed by atoms with Crippen molar-refractivity contribution < 1.29 is 23.5 Å². The standard InChI is InChI=1S/C25H21FN2O4/c1-15-6-4-5-7-21(15)28-24(29)22(16-8-10-17(26)11-9-16)23(25(28)30)27-18-12-19(31-2)14-20(13-18)32-3/h4-14,27H,1-3H3. The van der Waals surface area contributed by atoms with Crippen molar-refractivity contribution in [1.29, 1.82) is 0 Å². The Morgan fingerprint density at radius 1 is 0.844 bits per heavy atom. The number of rotatable bonds is 6. The summed E-state index contributed by atoms with van der Waals surface area (Å²) in [6, 6.07) is 17.7. The zero-order valence-corrected chi connectivity index (χ0v) is 17.8. The summed E-state index contributed by atoms with van der Waals surface area (Å²) in [6.45, 7) is 1.83. The minimum absolute atomic E-state index is 0.0835. The molecule has 32 heavy (non-hydrogen) atoms. The third-order valence-electron chi connectivity index (χ3n) is 5.19. The van der Waals surface area contributed by atoms with Gasteiger partial charge in [-0.15, -0.1) is 0 Å². The van der Waals surface area contributed by atoms with Crippen molar-refractivity contribution in [2.75, 3.05) is 24.4 Å². The lowest BCUT2D eigenvalue weighted by Crippen LogP contribution is -2.33. The number of aryl methyl sites for hydroxylation is 1. The Kier molecular flexibility index (Phi) is 5.64. The maximum Gasteiger partial charge on any atom is 0.282 e. The van der Waals surface area contributed by atoms with Crippen molar-refractivity contribution in [2.24, 2.45) is 0 Å². The number of ether oxygens (including phenoxy) is 2. The van der Waals surface area contributed by atoms with E-state index >= 15 is 0 Å². The lowest BCUT2D eigenvalue weighted by Gasteiger charge is -2.17. The van der Waals surface area contributed by atoms with Crippen LogP contribution in [-0.4, -0.2) is 26.0 Å². The van der Waals surface area contributed by atoms with E-state index in [1.165, 1.54) is 38.5 Å². The fraction of sp³-hybridized carbons (Fsp3) is 0.120. The Balaban J connectivity index is 1.85. The molecule has 3 aromatic carbocycles. The Hall–Kier alpha value is -4.13. The van der Waals surface area contributed by atoms with E-state index in [0.717, 1.165) is 10.5 Å². The van der Waals surface area contributed by atoms with Crippen LogP contribution in [0.1, 0.15) is 11.1 Å². The van der Waals surface area contributed by atoms with Crippen LogP contribution >= 0.6 is 0 Å². The SMILES string of the molecule is COc1cc(NC2=C(c3ccc(F)cc3)C(=O)N(c3ccccc3C)C2=O)cc(OC)c1. The topological polar surface area (TPSA) is 67.9 Å². The first-order chi connectivity index (χ1) is 15.4. The van der Waals surface area contributed by atoms with Crippen LogP contribution in [0.4, 0.5) is 15.8 Å². The molecule has 0 radical (unpaired) electrons. The molecule has 1 aliphatic heterocycles. The monoisotopic (exact) mass is 432 g/mol. The highest BCUT2D eigenvalue weighted by Crippen LogP contribution is 2.36. The Labute approximate surface area is 184 Å². The number of carbonyl (C=O) groups excluding carboxylic acids is 2. The maximum absolute atomic E-state index is 13.5. The second-order valence-electron chi connectivity index (χ2n) is 7.22. The summed E-state index contributed by atoms with van der Waals surface area (Å²) in [7, 11) is 3.04. The molecule has 4 rings (SSSR count). The number of hydrogen-bond donors (Lipinski definition) is 1. The van der Waals surface area contributed by atoms with E-state index in [-0.39, 0.29) is 11.3 Å². The second kappa shape index (κ2) is 8.55. The summed E-state index contributed by atoms with van der Waals surface area (Å²) in [5, 5.41) is 3.07. The van der Waals surface area contributed by atoms with Gasteiger partial charge in [0.1, 0.15) is 23.0 Å². The van der Waals surface area contributed by atoms with Crippen LogP contribution in [0.2, 0.25) is 0 Å². The molecular formula is C25H21FN2O4. The number of imide groups is 1. The van der Waals surface area contributed by atoms with Crippen molar-refractivity contribution in [3.8, 4) is 11.5 Å². The number of amides is 2. The first-order valence-electron chi connectivity index (χ1n) is 9.87. The lowest BCUT2D eigenvalue weighted by atomic mass is 10.0. The van der Waals surface area contributed by atoms with Crippen LogP contribution in [0.3, 0.4) is 0 Å². The summed E-state index contributed by atoms with van der Waals surface area (Å²) in [5.41, 5.74) is 2.43. The van der Waals surface area contributed by atoms with Crippen LogP contribution in [-0.2, 0) is 9.59 Å². The largest absolute Gasteiger partial charge is 0.497 e. The molecular weight excluding hydrogens is 411 g/mol. The van der Waals surface area contributed by atoms with Gasteiger partial charge in [-0.05, 0) is 36.2 Å². The van der Waals surface area contributed by atoms with E-state index in [9.17, 15) is 14.0 Å². The average molecular weight is 432 g/mol. The molecule has 0 saturated carbocycles. The van der Waals surface area contributed by atoms with Gasteiger partial charge in [0.15, 0.2) is 0 Å². The molecule has 1 heterocycles. The Bertz CT molecular complexity index is 1210. The average Bonchev–Trinajstić information content (AvgIpc) is 3.04. The third kappa shape index (κ3) is 3.80. The number of benzene rings is 3. The van der Waals surface area contributed by atoms with Gasteiger partial charge < -0.3 is 14.8 Å². The quantitative estimate of drug-likeness (QED) is 0.579. The minimum Gasteiger partial charge on any atom is -0.497 e. The van der Waals surface area contributed by atoms with Crippen molar-refractivity contribution in [3.05, 3.63) is 89.4 Å². The van der Waals surface area contributed by atoms with Gasteiger partial charge in [0, 0.05) is 23.9 Å². The van der Waals surface area contributed by atoms with Gasteiger partial charge >= 0.3 is 0 Å². The van der Waals surface area contributed by atoms with Gasteiger partial charge in [-0.1, -0.05) is 30.3 Å². The van der Waals surface area contributed by atoms with Crippen molar-refractivity contribution in [2.45, 2.75) is 6.92 Å². The summed E-state index contributed by atoms with van der Waals surface area (Å²) in [5.74, 6) is -0.403. The Morgan fingerprint density at radius 3 is 2.06 bits per heavy atom. The van der Waals surface area contributed by atoms with Gasteiger partial charge in [0.05, 0.1) is 25.5 Å². The minimum atomic E-state index is -0.509. The van der Waals surface area contributed by atoms with E-state index in [4.69, 9.17) is 9.47 Å². The molecule has 0 spiro atoms. The highest BCUT2D eigenvalue weighted by Gasteiger charge is 2.40. The van der Waals surface area contributed by atoms with Gasteiger partial charge in [0.2, 0.25) is 0 Å². The maximum atomic E-state index is 13.5. The fourth-order valence-corrected chi connectivity index (χ4v) is 3.59. The van der Waals surface area contributed by atoms with Crippen LogP contribution in [0.25, 0.3) is 5.57 Å². The smallest absolute Gasteiger partial charge is 0.282 e. The molecule has 162 valence electrons. The number of anilines is 2. The molecule has 3 aromatic rings. The van der Waals surface area contributed by atoms with Gasteiger partial charge in [-0.25, -0.2) is 9.29 Å². The van der Waals surface area contributed by atoms with Crippen LogP contribution in [0, 0.1) is 12.7 Å². The van der Waals surface area contributed by atoms with Gasteiger partial charge in [0.25, 0.3) is 11.8 Å². The number of nitrogens with one attached hydrogen (secondary N) is 1. The van der Waals surface area contributed by atoms with Gasteiger partial charge in [-0.2, -0.15) is 0 Å². The predicted molar refractivity (Wildman–Crippen MR) is 120 cm³/mol. The fourth-order valence-electron chi connectivity index (χ4n) is 3.59. The predicted octanol–water partition coefficient (Wildman–Crippen LogP) is 4.55. The van der Waals surface area contributed by atoms with E-state index in [1.807, 2.05) is 19.1 Å². The zero-order valence-electron chi connectivity index (χ0n) is 17.8. The first-order valence-corrected chi connectivity index (χ1v) is 9.87. The van der Waals surface area contributed by atoms with E-state index in [1.54, 1.807) is 30.3 Å². The van der Waals surface area contributed by atoms with Crippen molar-refractivity contribution in [1.82, 2.24) is 0 Å². The number of nitrogens with zero attached hydrogens (tertiary/aromatic N) is 1. The number of methoxy groups -OCH3 is 2. The van der Waals surface area contributed by atoms with E-state index < -0.39 is 17.6 Å². The van der Waals surface area contributed by atoms with E-state index in [0.29, 0.717) is 28.4 Å². The van der Waals surface area contributed by atoms with Crippen LogP contribution < -0.4 is 19.7 Å². The highest BCUT2D eigenvalue weighted by atomic mass is 19.1. The summed E-state index contributed by atoms with van der Waals surface area (Å²) < 4.78 is 24.1. The van der Waals surface area contributed by atoms with Crippen LogP contribution in [0.15, 0.2) is 72.4 Å². The summed E-state index contributed by atoms with van der Waals surface area (Å²) in [4.78, 5) is 28.1. The molecule has 0 aliphatic carbocycles. The normalized spacial score (nSPS) is 13.6. The molecule has 7 heteroatoms. The molecule has 0 saturated heterocycles. The summed E-state index contributed by atoms with van der Waals surface area (Å²) >= 11 is 0. The number of para-hydroxylation sites is 1. The molecule has 0 fully saturated rings. The molecule has 0 bridgehead atoms. The second-order valence-corrected chi connectivity index (χ2v) is 7.22. The van der Waals surface area contributed by atoms with Crippen molar-refractivity contribution in [3.63, 3.8) is 0 Å². The molecule has 0 aromatic heterocycles. The first kappa shape index (κ1) is 21.1. The molecule has 2 amide bonds. The lowest BCUT2D eigenvalue weighted by molar-refractivity contribution is -0.120. The third-order valence-corrected chi connectivity index (χ3v) is 5.19. The van der Waals surface area contributed by atoms with E-state index in [2.05, 4.69) is 5.32 Å². The molecule has 0 atom stereocenters. The Morgan fingerprint density at radius 2 is 1.47 bits per heavy atom. The molecule has 6 nitrogen and oxygen atoms in total.